The number of likely N-dealkylation sites (N-methyl/N-ethyl adjacent to an activating group) is 1. The highest BCUT2D eigenvalue weighted by molar-refractivity contribution is 7.89. The molecule has 1 amide bonds. The third-order valence-electron chi connectivity index (χ3n) is 4.65. The van der Waals surface area contributed by atoms with Crippen molar-refractivity contribution in [3.8, 4) is 5.75 Å². The maximum absolute atomic E-state index is 13.2. The van der Waals surface area contributed by atoms with Crippen LogP contribution in [0.5, 0.6) is 5.75 Å². The van der Waals surface area contributed by atoms with Gasteiger partial charge in [0.05, 0.1) is 30.8 Å². The Bertz CT molecular complexity index is 1040. The highest BCUT2D eigenvalue weighted by Gasteiger charge is 2.36. The number of esters is 1. The van der Waals surface area contributed by atoms with E-state index in [0.717, 1.165) is 28.6 Å². The molecule has 1 atom stereocenters. The van der Waals surface area contributed by atoms with Crippen LogP contribution in [0.25, 0.3) is 0 Å². The first-order valence-electron chi connectivity index (χ1n) is 9.17. The van der Waals surface area contributed by atoms with E-state index in [-0.39, 0.29) is 18.0 Å². The van der Waals surface area contributed by atoms with Crippen molar-refractivity contribution >= 4 is 27.6 Å². The Hall–Kier alpha value is -2.98. The van der Waals surface area contributed by atoms with Gasteiger partial charge < -0.3 is 14.4 Å². The third kappa shape index (κ3) is 4.29. The second kappa shape index (κ2) is 8.80. The van der Waals surface area contributed by atoms with E-state index in [2.05, 4.69) is 0 Å². The summed E-state index contributed by atoms with van der Waals surface area (Å²) in [4.78, 5) is 26.2. The van der Waals surface area contributed by atoms with Gasteiger partial charge in [0.15, 0.2) is 0 Å². The number of para-hydroxylation sites is 2. The van der Waals surface area contributed by atoms with Gasteiger partial charge in [0.2, 0.25) is 22.0 Å². The second-order valence-corrected chi connectivity index (χ2v) is 8.42. The Kier molecular flexibility index (Phi) is 6.37. The highest BCUT2D eigenvalue weighted by atomic mass is 32.2. The number of hydrogen-bond donors (Lipinski definition) is 0. The van der Waals surface area contributed by atoms with E-state index < -0.39 is 40.4 Å². The maximum Gasteiger partial charge on any atom is 0.348 e. The summed E-state index contributed by atoms with van der Waals surface area (Å²) in [5, 5.41) is 0. The number of benzene rings is 2. The van der Waals surface area contributed by atoms with Crippen LogP contribution in [-0.2, 0) is 24.3 Å². The van der Waals surface area contributed by atoms with Gasteiger partial charge in [0, 0.05) is 6.54 Å². The van der Waals surface area contributed by atoms with E-state index in [4.69, 9.17) is 9.47 Å². The molecule has 0 saturated heterocycles. The fourth-order valence-electron chi connectivity index (χ4n) is 3.08. The molecule has 160 valence electrons. The van der Waals surface area contributed by atoms with Crippen LogP contribution < -0.4 is 9.64 Å². The van der Waals surface area contributed by atoms with Crippen molar-refractivity contribution in [2.24, 2.45) is 0 Å². The number of carbonyl (C=O) groups is 2. The zero-order valence-electron chi connectivity index (χ0n) is 16.4. The summed E-state index contributed by atoms with van der Waals surface area (Å²) in [7, 11) is -2.80. The van der Waals surface area contributed by atoms with Crippen LogP contribution in [0.3, 0.4) is 0 Å². The van der Waals surface area contributed by atoms with Crippen molar-refractivity contribution in [1.29, 1.82) is 0 Å². The monoisotopic (exact) mass is 436 g/mol. The lowest BCUT2D eigenvalue weighted by atomic mass is 10.2. The normalized spacial score (nSPS) is 16.0. The number of nitrogens with zero attached hydrogens (tertiary/aromatic N) is 2. The fraction of sp³-hybridized carbons (Fsp3) is 0.300. The Balaban J connectivity index is 1.87. The molecule has 0 fully saturated rings. The lowest BCUT2D eigenvalue weighted by Gasteiger charge is -2.34. The molecule has 2 aromatic rings. The molecule has 0 saturated carbocycles. The average molecular weight is 436 g/mol. The highest BCUT2D eigenvalue weighted by Crippen LogP contribution is 2.33. The minimum absolute atomic E-state index is 0.0257. The van der Waals surface area contributed by atoms with Crippen LogP contribution in [0.4, 0.5) is 10.1 Å². The lowest BCUT2D eigenvalue weighted by Crippen LogP contribution is -2.50. The Morgan fingerprint density at radius 3 is 2.50 bits per heavy atom. The minimum Gasteiger partial charge on any atom is -0.475 e. The third-order valence-corrected chi connectivity index (χ3v) is 6.59. The molecule has 10 heteroatoms. The molecule has 0 spiro atoms. The fourth-order valence-corrected chi connectivity index (χ4v) is 4.48. The molecular formula is C20H21FN2O6S. The molecule has 1 aliphatic rings. The van der Waals surface area contributed by atoms with Crippen LogP contribution in [0.15, 0.2) is 53.4 Å². The first-order valence-corrected chi connectivity index (χ1v) is 10.6. The van der Waals surface area contributed by atoms with E-state index >= 15 is 0 Å². The summed E-state index contributed by atoms with van der Waals surface area (Å²) in [6.07, 6.45) is -1.03. The summed E-state index contributed by atoms with van der Waals surface area (Å²) in [6.45, 7) is 1.05. The zero-order chi connectivity index (χ0) is 21.9. The molecule has 0 radical (unpaired) electrons. The Morgan fingerprint density at radius 2 is 1.87 bits per heavy atom. The van der Waals surface area contributed by atoms with Gasteiger partial charge in [-0.2, -0.15) is 4.31 Å². The van der Waals surface area contributed by atoms with Crippen molar-refractivity contribution in [2.45, 2.75) is 17.9 Å². The predicted molar refractivity (Wildman–Crippen MR) is 106 cm³/mol. The summed E-state index contributed by atoms with van der Waals surface area (Å²) < 4.78 is 50.3. The van der Waals surface area contributed by atoms with Gasteiger partial charge in [-0.1, -0.05) is 19.1 Å². The van der Waals surface area contributed by atoms with E-state index in [9.17, 15) is 22.4 Å². The number of ether oxygens (including phenoxy) is 2. The first-order chi connectivity index (χ1) is 14.3. The predicted octanol–water partition coefficient (Wildman–Crippen LogP) is 1.80. The Morgan fingerprint density at radius 1 is 1.20 bits per heavy atom. The number of anilines is 1. The molecule has 0 bridgehead atoms. The molecule has 2 aromatic carbocycles. The number of carbonyl (C=O) groups excluding carboxylic acids is 2. The number of sulfonamides is 1. The SMILES string of the molecule is CCN(CC(=O)N1C[C@H](C(=O)OC)Oc2ccccc21)S(=O)(=O)c1ccc(F)cc1. The van der Waals surface area contributed by atoms with E-state index in [1.807, 2.05) is 0 Å². The first kappa shape index (κ1) is 21.7. The van der Waals surface area contributed by atoms with E-state index in [0.29, 0.717) is 11.4 Å². The molecule has 0 aliphatic carbocycles. The quantitative estimate of drug-likeness (QED) is 0.641. The number of halogens is 1. The van der Waals surface area contributed by atoms with Gasteiger partial charge in [-0.05, 0) is 36.4 Å². The summed E-state index contributed by atoms with van der Waals surface area (Å²) in [6, 6.07) is 11.0. The van der Waals surface area contributed by atoms with Gasteiger partial charge in [-0.3, -0.25) is 4.79 Å². The zero-order valence-corrected chi connectivity index (χ0v) is 17.3. The number of hydrogen-bond acceptors (Lipinski definition) is 6. The van der Waals surface area contributed by atoms with Crippen molar-refractivity contribution in [3.05, 3.63) is 54.3 Å². The van der Waals surface area contributed by atoms with Gasteiger partial charge in [-0.25, -0.2) is 17.6 Å². The lowest BCUT2D eigenvalue weighted by molar-refractivity contribution is -0.148. The van der Waals surface area contributed by atoms with Crippen LogP contribution in [0.2, 0.25) is 0 Å². The van der Waals surface area contributed by atoms with Crippen LogP contribution in [0.1, 0.15) is 6.92 Å². The standard InChI is InChI=1S/C20H21FN2O6S/c1-3-22(30(26,27)15-10-8-14(21)9-11-15)13-19(24)23-12-18(20(25)28-2)29-17-7-5-4-6-16(17)23/h4-11,18H,3,12-13H2,1-2H3/t18-/m1/s1. The molecule has 30 heavy (non-hydrogen) atoms. The molecule has 1 aliphatic heterocycles. The van der Waals surface area contributed by atoms with Crippen LogP contribution in [0, 0.1) is 5.82 Å². The molecule has 0 unspecified atom stereocenters. The van der Waals surface area contributed by atoms with Crippen molar-refractivity contribution in [1.82, 2.24) is 4.31 Å². The van der Waals surface area contributed by atoms with Crippen LogP contribution >= 0.6 is 0 Å². The summed E-state index contributed by atoms with van der Waals surface area (Å²) in [5.41, 5.74) is 0.429. The van der Waals surface area contributed by atoms with Gasteiger partial charge >= 0.3 is 5.97 Å². The van der Waals surface area contributed by atoms with Crippen LogP contribution in [-0.4, -0.2) is 57.4 Å². The molecule has 3 rings (SSSR count). The molecule has 0 aromatic heterocycles. The molecule has 0 N–H and O–H groups in total. The maximum atomic E-state index is 13.2. The Labute approximate surface area is 173 Å². The summed E-state index contributed by atoms with van der Waals surface area (Å²) in [5.74, 6) is -1.43. The summed E-state index contributed by atoms with van der Waals surface area (Å²) >= 11 is 0. The number of fused-ring (bicyclic) bond motifs is 1. The topological polar surface area (TPSA) is 93.2 Å². The minimum atomic E-state index is -4.02. The van der Waals surface area contributed by atoms with E-state index in [1.165, 1.54) is 12.0 Å². The van der Waals surface area contributed by atoms with Crippen molar-refractivity contribution in [3.63, 3.8) is 0 Å². The number of rotatable bonds is 6. The van der Waals surface area contributed by atoms with Gasteiger partial charge in [0.1, 0.15) is 11.6 Å². The van der Waals surface area contributed by atoms with Crippen molar-refractivity contribution < 1.29 is 31.9 Å². The largest absolute Gasteiger partial charge is 0.475 e. The molecule has 8 nitrogen and oxygen atoms in total. The average Bonchev–Trinajstić information content (AvgIpc) is 2.76. The van der Waals surface area contributed by atoms with Gasteiger partial charge in [0.25, 0.3) is 0 Å². The molecular weight excluding hydrogens is 415 g/mol. The number of amides is 1. The molecule has 1 heterocycles. The van der Waals surface area contributed by atoms with Gasteiger partial charge in [-0.15, -0.1) is 0 Å². The van der Waals surface area contributed by atoms with E-state index in [1.54, 1.807) is 31.2 Å². The smallest absolute Gasteiger partial charge is 0.348 e. The van der Waals surface area contributed by atoms with Crippen molar-refractivity contribution in [2.75, 3.05) is 31.6 Å². The second-order valence-electron chi connectivity index (χ2n) is 6.49. The number of methoxy groups -OCH3 is 1.